The van der Waals surface area contributed by atoms with Crippen molar-refractivity contribution in [3.8, 4) is 16.9 Å². The number of aromatic nitrogens is 2. The number of halogens is 3. The number of hydrogen-bond donors (Lipinski definition) is 3. The van der Waals surface area contributed by atoms with E-state index in [0.717, 1.165) is 23.8 Å². The minimum absolute atomic E-state index is 0.0459. The normalized spacial score (nSPS) is 12.9. The Kier molecular flexibility index (Phi) is 6.27. The molecule has 1 aliphatic rings. The van der Waals surface area contributed by atoms with Gasteiger partial charge in [0.2, 0.25) is 10.0 Å². The van der Waals surface area contributed by atoms with Crippen molar-refractivity contribution < 1.29 is 31.2 Å². The summed E-state index contributed by atoms with van der Waals surface area (Å²) in [6.07, 6.45) is -3.60. The summed E-state index contributed by atoms with van der Waals surface area (Å²) < 4.78 is 64.1. The van der Waals surface area contributed by atoms with E-state index in [0.29, 0.717) is 41.0 Å². The lowest BCUT2D eigenvalue weighted by Gasteiger charge is -2.20. The van der Waals surface area contributed by atoms with E-state index in [9.17, 15) is 31.2 Å². The molecule has 0 unspecified atom stereocenters. The number of nitrogens with two attached hydrogens (primary N) is 2. The van der Waals surface area contributed by atoms with Gasteiger partial charge in [0.15, 0.2) is 5.69 Å². The quantitative estimate of drug-likeness (QED) is 0.344. The van der Waals surface area contributed by atoms with E-state index in [1.807, 2.05) is 0 Å². The zero-order valence-electron chi connectivity index (χ0n) is 20.0. The second-order valence-corrected chi connectivity index (χ2v) is 10.5. The summed E-state index contributed by atoms with van der Waals surface area (Å²) in [6.45, 7) is 0. The first-order chi connectivity index (χ1) is 18.3. The molecule has 0 fully saturated rings. The minimum atomic E-state index is -4.60. The van der Waals surface area contributed by atoms with Gasteiger partial charge in [0.05, 0.1) is 21.8 Å². The summed E-state index contributed by atoms with van der Waals surface area (Å²) in [7, 11) is -3.93. The monoisotopic (exact) mass is 555 g/mol. The topological polar surface area (TPSA) is 150 Å². The molecule has 39 heavy (non-hydrogen) atoms. The highest BCUT2D eigenvalue weighted by Crippen LogP contribution is 2.38. The van der Waals surface area contributed by atoms with Crippen LogP contribution in [0.5, 0.6) is 0 Å². The zero-order chi connectivity index (χ0) is 28.1. The number of rotatable bonds is 5. The molecular weight excluding hydrogens is 535 g/mol. The maximum Gasteiger partial charge on any atom is 0.416 e. The fraction of sp³-hybridized carbons (Fsp3) is 0.115. The van der Waals surface area contributed by atoms with Crippen LogP contribution in [0.1, 0.15) is 37.5 Å². The molecule has 2 amide bonds. The van der Waals surface area contributed by atoms with Crippen molar-refractivity contribution in [2.24, 2.45) is 10.9 Å². The van der Waals surface area contributed by atoms with E-state index < -0.39 is 33.6 Å². The predicted octanol–water partition coefficient (Wildman–Crippen LogP) is 3.66. The molecule has 0 aliphatic heterocycles. The molecule has 1 aromatic heterocycles. The van der Waals surface area contributed by atoms with Gasteiger partial charge >= 0.3 is 6.18 Å². The van der Waals surface area contributed by atoms with Gasteiger partial charge < -0.3 is 11.1 Å². The molecule has 0 spiro atoms. The van der Waals surface area contributed by atoms with Gasteiger partial charge in [0.25, 0.3) is 11.8 Å². The number of carbonyl (C=O) groups is 2. The van der Waals surface area contributed by atoms with E-state index in [2.05, 4.69) is 10.4 Å². The maximum absolute atomic E-state index is 13.1. The highest BCUT2D eigenvalue weighted by Gasteiger charge is 2.31. The van der Waals surface area contributed by atoms with Crippen molar-refractivity contribution >= 4 is 27.5 Å². The Morgan fingerprint density at radius 2 is 1.69 bits per heavy atom. The number of nitrogens with one attached hydrogen (secondary N) is 1. The van der Waals surface area contributed by atoms with Gasteiger partial charge in [-0.05, 0) is 73.0 Å². The lowest BCUT2D eigenvalue weighted by molar-refractivity contribution is -0.137. The van der Waals surface area contributed by atoms with Crippen LogP contribution in [0.25, 0.3) is 16.9 Å². The molecule has 4 aromatic rings. The van der Waals surface area contributed by atoms with Crippen LogP contribution in [0, 0.1) is 0 Å². The number of carbonyl (C=O) groups excluding carboxylic acids is 2. The van der Waals surface area contributed by atoms with Gasteiger partial charge in [-0.15, -0.1) is 0 Å². The lowest BCUT2D eigenvalue weighted by atomic mass is 9.88. The number of hydrogen-bond acceptors (Lipinski definition) is 5. The molecule has 1 heterocycles. The smallest absolute Gasteiger partial charge is 0.364 e. The van der Waals surface area contributed by atoms with Crippen molar-refractivity contribution in [1.82, 2.24) is 9.78 Å². The van der Waals surface area contributed by atoms with Crippen molar-refractivity contribution in [3.63, 3.8) is 0 Å². The molecule has 5 N–H and O–H groups in total. The van der Waals surface area contributed by atoms with E-state index in [4.69, 9.17) is 10.9 Å². The number of amides is 2. The lowest BCUT2D eigenvalue weighted by Crippen LogP contribution is -2.16. The highest BCUT2D eigenvalue weighted by atomic mass is 32.2. The summed E-state index contributed by atoms with van der Waals surface area (Å²) in [6, 6.07) is 14.7. The van der Waals surface area contributed by atoms with Crippen LogP contribution < -0.4 is 16.2 Å². The Labute approximate surface area is 220 Å². The average Bonchev–Trinajstić information content (AvgIpc) is 3.28. The molecule has 0 atom stereocenters. The second-order valence-electron chi connectivity index (χ2n) is 8.90. The van der Waals surface area contributed by atoms with Crippen LogP contribution in [-0.2, 0) is 29.0 Å². The van der Waals surface area contributed by atoms with Crippen LogP contribution in [0.4, 0.5) is 18.9 Å². The molecule has 0 saturated heterocycles. The van der Waals surface area contributed by atoms with Gasteiger partial charge in [-0.1, -0.05) is 12.1 Å². The average molecular weight is 556 g/mol. The minimum Gasteiger partial charge on any atom is -0.364 e. The van der Waals surface area contributed by atoms with Crippen molar-refractivity contribution in [3.05, 3.63) is 94.7 Å². The van der Waals surface area contributed by atoms with Gasteiger partial charge in [-0.3, -0.25) is 9.59 Å². The molecule has 13 heteroatoms. The Hall–Kier alpha value is -4.49. The third-order valence-electron chi connectivity index (χ3n) is 6.35. The number of alkyl halides is 3. The number of fused-ring (bicyclic) bond motifs is 3. The number of primary amides is 1. The summed E-state index contributed by atoms with van der Waals surface area (Å²) in [5, 5.41) is 12.2. The first-order valence-electron chi connectivity index (χ1n) is 11.5. The van der Waals surface area contributed by atoms with Gasteiger partial charge in [-0.2, -0.15) is 18.3 Å². The van der Waals surface area contributed by atoms with Crippen molar-refractivity contribution in [1.29, 1.82) is 0 Å². The predicted molar refractivity (Wildman–Crippen MR) is 136 cm³/mol. The first-order valence-corrected chi connectivity index (χ1v) is 13.0. The number of sulfonamides is 1. The van der Waals surface area contributed by atoms with Crippen LogP contribution in [0.15, 0.2) is 71.6 Å². The number of aryl methyl sites for hydroxylation is 1. The van der Waals surface area contributed by atoms with Crippen LogP contribution in [0.3, 0.4) is 0 Å². The van der Waals surface area contributed by atoms with E-state index >= 15 is 0 Å². The molecule has 0 radical (unpaired) electrons. The maximum atomic E-state index is 13.1. The number of primary sulfonamides is 1. The van der Waals surface area contributed by atoms with Crippen molar-refractivity contribution in [2.45, 2.75) is 23.9 Å². The Morgan fingerprint density at radius 1 is 0.974 bits per heavy atom. The molecule has 0 bridgehead atoms. The molecule has 200 valence electrons. The SMILES string of the molecule is NC(=O)c1nn(-c2ccc(S(N)(=O)=O)cc2)c2c1CCc1ccc(NC(=O)c3cccc(C(F)(F)F)c3)cc1-2. The fourth-order valence-corrected chi connectivity index (χ4v) is 5.03. The van der Waals surface area contributed by atoms with Gasteiger partial charge in [0.1, 0.15) is 0 Å². The molecule has 5 rings (SSSR count). The van der Waals surface area contributed by atoms with Crippen LogP contribution in [-0.4, -0.2) is 30.0 Å². The third-order valence-corrected chi connectivity index (χ3v) is 7.28. The van der Waals surface area contributed by atoms with Crippen LogP contribution >= 0.6 is 0 Å². The zero-order valence-corrected chi connectivity index (χ0v) is 20.8. The summed E-state index contributed by atoms with van der Waals surface area (Å²) in [5.74, 6) is -1.48. The fourth-order valence-electron chi connectivity index (χ4n) is 4.52. The number of anilines is 1. The summed E-state index contributed by atoms with van der Waals surface area (Å²) >= 11 is 0. The van der Waals surface area contributed by atoms with E-state index in [1.54, 1.807) is 18.2 Å². The molecule has 1 aliphatic carbocycles. The molecule has 3 aromatic carbocycles. The van der Waals surface area contributed by atoms with Gasteiger partial charge in [0, 0.05) is 22.4 Å². The summed E-state index contributed by atoms with van der Waals surface area (Å²) in [5.41, 5.74) is 7.84. The van der Waals surface area contributed by atoms with Crippen molar-refractivity contribution in [2.75, 3.05) is 5.32 Å². The van der Waals surface area contributed by atoms with Crippen LogP contribution in [0.2, 0.25) is 0 Å². The Morgan fingerprint density at radius 3 is 2.33 bits per heavy atom. The molecular formula is C26H20F3N5O4S. The molecule has 0 saturated carbocycles. The van der Waals surface area contributed by atoms with Gasteiger partial charge in [-0.25, -0.2) is 18.2 Å². The third kappa shape index (κ3) is 5.01. The Bertz CT molecular complexity index is 1750. The largest absolute Gasteiger partial charge is 0.416 e. The Balaban J connectivity index is 1.56. The molecule has 9 nitrogen and oxygen atoms in total. The second kappa shape index (κ2) is 9.36. The van der Waals surface area contributed by atoms with E-state index in [1.165, 1.54) is 35.0 Å². The summed E-state index contributed by atoms with van der Waals surface area (Å²) in [4.78, 5) is 24.9. The number of benzene rings is 3. The first kappa shape index (κ1) is 26.1. The highest BCUT2D eigenvalue weighted by molar-refractivity contribution is 7.89. The standard InChI is InChI=1S/C26H20F3N5O4S/c27-26(28,29)16-3-1-2-15(12-16)25(36)32-17-6-4-14-5-11-20-22(24(30)35)33-34(23(20)21(14)13-17)18-7-9-19(10-8-18)39(31,37)38/h1-4,6-10,12-13H,5,11H2,(H2,30,35)(H,32,36)(H2,31,37,38). The number of nitrogens with zero attached hydrogens (tertiary/aromatic N) is 2. The van der Waals surface area contributed by atoms with E-state index in [-0.39, 0.29) is 16.2 Å².